The summed E-state index contributed by atoms with van der Waals surface area (Å²) in [6, 6.07) is 15.0. The van der Waals surface area contributed by atoms with Gasteiger partial charge < -0.3 is 15.2 Å². The van der Waals surface area contributed by atoms with Crippen LogP contribution in [0.2, 0.25) is 0 Å². The second-order valence-electron chi connectivity index (χ2n) is 7.72. The van der Waals surface area contributed by atoms with Gasteiger partial charge in [-0.05, 0) is 35.1 Å². The maximum atomic E-state index is 12.4. The predicted octanol–water partition coefficient (Wildman–Crippen LogP) is 4.65. The molecule has 3 N–H and O–H groups in total. The third-order valence-corrected chi connectivity index (χ3v) is 6.31. The first kappa shape index (κ1) is 23.2. The monoisotopic (exact) mass is 477 g/mol. The zero-order chi connectivity index (χ0) is 24.1. The molecule has 0 saturated heterocycles. The molecule has 8 nitrogen and oxygen atoms in total. The Balaban J connectivity index is 1.35. The molecule has 4 rings (SSSR count). The van der Waals surface area contributed by atoms with Crippen molar-refractivity contribution in [2.24, 2.45) is 0 Å². The number of fused-ring (bicyclic) bond motifs is 3. The molecular formula is C25H23N3O5S. The summed E-state index contributed by atoms with van der Waals surface area (Å²) in [4.78, 5) is 40.2. The Morgan fingerprint density at radius 2 is 1.76 bits per heavy atom. The number of allylic oxidation sites excluding steroid dienone is 1. The number of carboxylic acids is 1. The summed E-state index contributed by atoms with van der Waals surface area (Å²) in [7, 11) is 0. The van der Waals surface area contributed by atoms with Crippen molar-refractivity contribution in [1.29, 1.82) is 0 Å². The number of hydrogen-bond donors (Lipinski definition) is 3. The van der Waals surface area contributed by atoms with E-state index in [2.05, 4.69) is 34.3 Å². The average molecular weight is 478 g/mol. The molecule has 0 bridgehead atoms. The first-order chi connectivity index (χ1) is 16.5. The van der Waals surface area contributed by atoms with Gasteiger partial charge in [-0.2, -0.15) is 0 Å². The van der Waals surface area contributed by atoms with Gasteiger partial charge in [-0.25, -0.2) is 14.6 Å². The van der Waals surface area contributed by atoms with Crippen LogP contribution in [0.15, 0.2) is 66.6 Å². The number of carbonyl (C=O) groups is 3. The van der Waals surface area contributed by atoms with Crippen molar-refractivity contribution in [3.8, 4) is 11.1 Å². The van der Waals surface area contributed by atoms with E-state index in [1.165, 1.54) is 5.38 Å². The fraction of sp³-hybridized carbons (Fsp3) is 0.200. The number of carbonyl (C=O) groups excluding carboxylic acids is 2. The molecule has 1 aliphatic carbocycles. The van der Waals surface area contributed by atoms with Gasteiger partial charge in [0.05, 0.1) is 0 Å². The topological polar surface area (TPSA) is 118 Å². The highest BCUT2D eigenvalue weighted by molar-refractivity contribution is 7.14. The van der Waals surface area contributed by atoms with E-state index in [1.807, 2.05) is 36.4 Å². The lowest BCUT2D eigenvalue weighted by Crippen LogP contribution is -2.40. The van der Waals surface area contributed by atoms with Gasteiger partial charge in [0.25, 0.3) is 5.91 Å². The van der Waals surface area contributed by atoms with E-state index in [-0.39, 0.29) is 29.8 Å². The van der Waals surface area contributed by atoms with Crippen LogP contribution >= 0.6 is 11.3 Å². The maximum absolute atomic E-state index is 12.4. The quantitative estimate of drug-likeness (QED) is 0.386. The van der Waals surface area contributed by atoms with E-state index >= 15 is 0 Å². The summed E-state index contributed by atoms with van der Waals surface area (Å²) in [6.07, 6.45) is 1.57. The summed E-state index contributed by atoms with van der Waals surface area (Å²) >= 11 is 1.05. The minimum atomic E-state index is -1.14. The number of hydrogen-bond acceptors (Lipinski definition) is 6. The van der Waals surface area contributed by atoms with Gasteiger partial charge in [-0.3, -0.25) is 10.1 Å². The molecule has 9 heteroatoms. The summed E-state index contributed by atoms with van der Waals surface area (Å²) in [5, 5.41) is 15.8. The number of ether oxygens (including phenoxy) is 1. The van der Waals surface area contributed by atoms with Crippen LogP contribution in [-0.4, -0.2) is 40.7 Å². The molecule has 1 aromatic heterocycles. The van der Waals surface area contributed by atoms with Gasteiger partial charge in [-0.15, -0.1) is 17.9 Å². The Hall–Kier alpha value is -3.98. The molecule has 1 unspecified atom stereocenters. The van der Waals surface area contributed by atoms with Gasteiger partial charge in [0.15, 0.2) is 5.13 Å². The van der Waals surface area contributed by atoms with Crippen LogP contribution in [0.3, 0.4) is 0 Å². The first-order valence-electron chi connectivity index (χ1n) is 10.7. The summed E-state index contributed by atoms with van der Waals surface area (Å²) in [5.74, 6) is -1.84. The molecule has 1 aliphatic rings. The number of nitrogens with one attached hydrogen (secondary N) is 2. The Bertz CT molecular complexity index is 1190. The average Bonchev–Trinajstić information content (AvgIpc) is 3.43. The highest BCUT2D eigenvalue weighted by Gasteiger charge is 2.29. The smallest absolute Gasteiger partial charge is 0.413 e. The molecule has 2 aromatic carbocycles. The van der Waals surface area contributed by atoms with E-state index < -0.39 is 24.0 Å². The zero-order valence-electron chi connectivity index (χ0n) is 18.2. The largest absolute Gasteiger partial charge is 0.480 e. The highest BCUT2D eigenvalue weighted by atomic mass is 32.1. The van der Waals surface area contributed by atoms with Gasteiger partial charge >= 0.3 is 12.1 Å². The normalized spacial score (nSPS) is 12.8. The van der Waals surface area contributed by atoms with Gasteiger partial charge in [0, 0.05) is 11.3 Å². The molecule has 1 heterocycles. The SMILES string of the molecule is C=CCCC(NC(=O)c1csc(NC(=O)OCC2c3ccccc3-c3ccccc32)n1)C(=O)O. The summed E-state index contributed by atoms with van der Waals surface area (Å²) < 4.78 is 5.48. The molecule has 1 atom stereocenters. The third kappa shape index (κ3) is 4.99. The van der Waals surface area contributed by atoms with E-state index in [0.717, 1.165) is 33.6 Å². The standard InChI is InChI=1S/C25H23N3O5S/c1-2-3-12-20(23(30)31)26-22(29)21-14-34-24(27-21)28-25(32)33-13-19-17-10-6-4-8-15(17)16-9-5-7-11-18(16)19/h2,4-11,14,19-20H,1,3,12-13H2,(H,26,29)(H,30,31)(H,27,28,32). The van der Waals surface area contributed by atoms with Crippen molar-refractivity contribution in [3.63, 3.8) is 0 Å². The van der Waals surface area contributed by atoms with Crippen LogP contribution in [0.25, 0.3) is 11.1 Å². The van der Waals surface area contributed by atoms with Crippen LogP contribution in [0.4, 0.5) is 9.93 Å². The summed E-state index contributed by atoms with van der Waals surface area (Å²) in [6.45, 7) is 3.71. The second-order valence-corrected chi connectivity index (χ2v) is 8.58. The molecule has 34 heavy (non-hydrogen) atoms. The van der Waals surface area contributed by atoms with Crippen LogP contribution in [0, 0.1) is 0 Å². The van der Waals surface area contributed by atoms with E-state index in [1.54, 1.807) is 6.08 Å². The minimum absolute atomic E-state index is 0.0174. The third-order valence-electron chi connectivity index (χ3n) is 5.55. The molecule has 2 amide bonds. The number of rotatable bonds is 9. The van der Waals surface area contributed by atoms with Crippen molar-refractivity contribution >= 4 is 34.4 Å². The number of benzene rings is 2. The molecule has 0 spiro atoms. The van der Waals surface area contributed by atoms with Crippen LogP contribution in [0.5, 0.6) is 0 Å². The zero-order valence-corrected chi connectivity index (χ0v) is 19.0. The van der Waals surface area contributed by atoms with Crippen LogP contribution < -0.4 is 10.6 Å². The number of carboxylic acid groups (broad SMARTS) is 1. The Morgan fingerprint density at radius 3 is 2.38 bits per heavy atom. The van der Waals surface area contributed by atoms with Crippen molar-refractivity contribution < 1.29 is 24.2 Å². The number of thiazole rings is 1. The Kier molecular flexibility index (Phi) is 7.03. The Labute approximate surface area is 200 Å². The van der Waals surface area contributed by atoms with Gasteiger partial charge in [0.2, 0.25) is 0 Å². The number of nitrogens with zero attached hydrogens (tertiary/aromatic N) is 1. The predicted molar refractivity (Wildman–Crippen MR) is 129 cm³/mol. The van der Waals surface area contributed by atoms with E-state index in [0.29, 0.717) is 6.42 Å². The number of aliphatic carboxylic acids is 1. The molecule has 3 aromatic rings. The Morgan fingerprint density at radius 1 is 1.12 bits per heavy atom. The number of amides is 2. The maximum Gasteiger partial charge on any atom is 0.413 e. The van der Waals surface area contributed by atoms with Crippen molar-refractivity contribution in [2.75, 3.05) is 11.9 Å². The lowest BCUT2D eigenvalue weighted by Gasteiger charge is -2.14. The van der Waals surface area contributed by atoms with Crippen molar-refractivity contribution in [2.45, 2.75) is 24.8 Å². The van der Waals surface area contributed by atoms with Crippen LogP contribution in [-0.2, 0) is 9.53 Å². The molecule has 0 radical (unpaired) electrons. The van der Waals surface area contributed by atoms with Crippen molar-refractivity contribution in [3.05, 3.63) is 83.4 Å². The van der Waals surface area contributed by atoms with Crippen molar-refractivity contribution in [1.82, 2.24) is 10.3 Å². The van der Waals surface area contributed by atoms with Gasteiger partial charge in [0.1, 0.15) is 18.3 Å². The minimum Gasteiger partial charge on any atom is -0.480 e. The highest BCUT2D eigenvalue weighted by Crippen LogP contribution is 2.44. The molecule has 174 valence electrons. The first-order valence-corrected chi connectivity index (χ1v) is 11.6. The number of aromatic nitrogens is 1. The fourth-order valence-corrected chi connectivity index (χ4v) is 4.61. The number of anilines is 1. The lowest BCUT2D eigenvalue weighted by atomic mass is 9.98. The fourth-order valence-electron chi connectivity index (χ4n) is 3.93. The van der Waals surface area contributed by atoms with E-state index in [4.69, 9.17) is 4.74 Å². The van der Waals surface area contributed by atoms with Gasteiger partial charge in [-0.1, -0.05) is 54.6 Å². The van der Waals surface area contributed by atoms with Crippen LogP contribution in [0.1, 0.15) is 40.4 Å². The molecule has 0 saturated carbocycles. The summed E-state index contributed by atoms with van der Waals surface area (Å²) in [5.41, 5.74) is 4.50. The lowest BCUT2D eigenvalue weighted by molar-refractivity contribution is -0.139. The molecular weight excluding hydrogens is 454 g/mol. The second kappa shape index (κ2) is 10.3. The molecule has 0 aliphatic heterocycles. The van der Waals surface area contributed by atoms with E-state index in [9.17, 15) is 19.5 Å². The molecule has 0 fully saturated rings.